The highest BCUT2D eigenvalue weighted by Gasteiger charge is 2.36. The first-order valence-electron chi connectivity index (χ1n) is 7.63. The van der Waals surface area contributed by atoms with Crippen molar-refractivity contribution in [2.45, 2.75) is 65.0 Å². The van der Waals surface area contributed by atoms with E-state index >= 15 is 0 Å². The van der Waals surface area contributed by atoms with Gasteiger partial charge in [0.05, 0.1) is 0 Å². The standard InChI is InChI=1S/C13H25N3O3.C2H6/c1-12(2,3)19-11(18)16-7-5-6-13(14,9-16)8-10(17)15-4;1-2/h5-9,14H2,1-4H3,(H,15,17);1-2H3. The number of carbonyl (C=O) groups is 2. The topological polar surface area (TPSA) is 84.7 Å². The zero-order chi connectivity index (χ0) is 16.7. The number of likely N-dealkylation sites (tertiary alicyclic amines) is 1. The second-order valence-electron chi connectivity index (χ2n) is 6.22. The molecule has 6 heteroatoms. The zero-order valence-electron chi connectivity index (χ0n) is 14.3. The van der Waals surface area contributed by atoms with E-state index in [1.54, 1.807) is 11.9 Å². The van der Waals surface area contributed by atoms with E-state index in [9.17, 15) is 9.59 Å². The molecule has 0 radical (unpaired) electrons. The van der Waals surface area contributed by atoms with Gasteiger partial charge in [0.15, 0.2) is 0 Å². The molecule has 1 aliphatic heterocycles. The molecule has 1 rings (SSSR count). The summed E-state index contributed by atoms with van der Waals surface area (Å²) in [6, 6.07) is 0. The van der Waals surface area contributed by atoms with Gasteiger partial charge in [-0.05, 0) is 33.6 Å². The molecule has 1 heterocycles. The van der Waals surface area contributed by atoms with Crippen molar-refractivity contribution in [1.82, 2.24) is 10.2 Å². The molecule has 0 aliphatic carbocycles. The second kappa shape index (κ2) is 8.22. The quantitative estimate of drug-likeness (QED) is 0.815. The Labute approximate surface area is 128 Å². The van der Waals surface area contributed by atoms with Crippen molar-refractivity contribution in [3.05, 3.63) is 0 Å². The van der Waals surface area contributed by atoms with Crippen LogP contribution in [-0.4, -0.2) is 48.2 Å². The Balaban J connectivity index is 0.00000191. The molecule has 6 nitrogen and oxygen atoms in total. The number of nitrogens with two attached hydrogens (primary N) is 1. The van der Waals surface area contributed by atoms with E-state index in [1.807, 2.05) is 34.6 Å². The molecule has 3 N–H and O–H groups in total. The molecule has 1 saturated heterocycles. The van der Waals surface area contributed by atoms with Crippen LogP contribution in [0.3, 0.4) is 0 Å². The Kier molecular flexibility index (Phi) is 7.71. The van der Waals surface area contributed by atoms with Gasteiger partial charge in [-0.2, -0.15) is 0 Å². The number of nitrogens with zero attached hydrogens (tertiary/aromatic N) is 1. The van der Waals surface area contributed by atoms with Crippen LogP contribution in [0.15, 0.2) is 0 Å². The SMILES string of the molecule is CC.CNC(=O)CC1(N)CCCN(C(=O)OC(C)(C)C)C1. The monoisotopic (exact) mass is 301 g/mol. The van der Waals surface area contributed by atoms with Crippen LogP contribution in [-0.2, 0) is 9.53 Å². The highest BCUT2D eigenvalue weighted by atomic mass is 16.6. The normalized spacial score (nSPS) is 22.0. The number of hydrogen-bond acceptors (Lipinski definition) is 4. The van der Waals surface area contributed by atoms with Crippen molar-refractivity contribution in [1.29, 1.82) is 0 Å². The third kappa shape index (κ3) is 7.32. The molecule has 1 unspecified atom stereocenters. The Morgan fingerprint density at radius 3 is 2.38 bits per heavy atom. The smallest absolute Gasteiger partial charge is 0.410 e. The van der Waals surface area contributed by atoms with E-state index in [1.165, 1.54) is 0 Å². The summed E-state index contributed by atoms with van der Waals surface area (Å²) < 4.78 is 5.33. The minimum absolute atomic E-state index is 0.103. The van der Waals surface area contributed by atoms with Crippen molar-refractivity contribution >= 4 is 12.0 Å². The Morgan fingerprint density at radius 1 is 1.33 bits per heavy atom. The van der Waals surface area contributed by atoms with Gasteiger partial charge in [0.1, 0.15) is 5.60 Å². The van der Waals surface area contributed by atoms with Crippen LogP contribution >= 0.6 is 0 Å². The van der Waals surface area contributed by atoms with Crippen molar-refractivity contribution < 1.29 is 14.3 Å². The molecule has 1 atom stereocenters. The molecule has 1 fully saturated rings. The lowest BCUT2D eigenvalue weighted by Crippen LogP contribution is -2.57. The van der Waals surface area contributed by atoms with Crippen LogP contribution in [0.25, 0.3) is 0 Å². The van der Waals surface area contributed by atoms with E-state index < -0.39 is 11.1 Å². The molecule has 0 spiro atoms. The van der Waals surface area contributed by atoms with Crippen LogP contribution in [0.5, 0.6) is 0 Å². The molecule has 0 bridgehead atoms. The van der Waals surface area contributed by atoms with E-state index in [-0.39, 0.29) is 18.4 Å². The van der Waals surface area contributed by atoms with Crippen LogP contribution < -0.4 is 11.1 Å². The highest BCUT2D eigenvalue weighted by molar-refractivity contribution is 5.77. The Morgan fingerprint density at radius 2 is 1.90 bits per heavy atom. The van der Waals surface area contributed by atoms with Gasteiger partial charge in [-0.25, -0.2) is 4.79 Å². The minimum atomic E-state index is -0.657. The van der Waals surface area contributed by atoms with Gasteiger partial charge in [0.2, 0.25) is 5.91 Å². The largest absolute Gasteiger partial charge is 0.444 e. The van der Waals surface area contributed by atoms with Crippen LogP contribution in [0, 0.1) is 0 Å². The number of piperidine rings is 1. The highest BCUT2D eigenvalue weighted by Crippen LogP contribution is 2.23. The van der Waals surface area contributed by atoms with Gasteiger partial charge in [0, 0.05) is 32.1 Å². The summed E-state index contributed by atoms with van der Waals surface area (Å²) in [5, 5.41) is 2.57. The van der Waals surface area contributed by atoms with Gasteiger partial charge >= 0.3 is 6.09 Å². The molecule has 0 aromatic carbocycles. The van der Waals surface area contributed by atoms with Gasteiger partial charge in [-0.1, -0.05) is 13.8 Å². The first kappa shape index (κ1) is 19.7. The predicted octanol–water partition coefficient (Wildman–Crippen LogP) is 1.88. The number of amides is 2. The van der Waals surface area contributed by atoms with Crippen LogP contribution in [0.1, 0.15) is 53.9 Å². The molecule has 0 aromatic heterocycles. The number of ether oxygens (including phenoxy) is 1. The average molecular weight is 301 g/mol. The first-order chi connectivity index (χ1) is 9.65. The number of carbonyl (C=O) groups excluding carboxylic acids is 2. The molecule has 124 valence electrons. The third-order valence-corrected chi connectivity index (χ3v) is 3.05. The summed E-state index contributed by atoms with van der Waals surface area (Å²) in [5.41, 5.74) is 5.04. The number of hydrogen-bond donors (Lipinski definition) is 2. The van der Waals surface area contributed by atoms with Gasteiger partial charge in [-0.3, -0.25) is 4.79 Å². The maximum absolute atomic E-state index is 12.0. The number of rotatable bonds is 2. The first-order valence-corrected chi connectivity index (χ1v) is 7.63. The summed E-state index contributed by atoms with van der Waals surface area (Å²) in [4.78, 5) is 25.1. The summed E-state index contributed by atoms with van der Waals surface area (Å²) in [6.07, 6.45) is 1.38. The Bertz CT molecular complexity index is 353. The lowest BCUT2D eigenvalue weighted by molar-refractivity contribution is -0.122. The Hall–Kier alpha value is -1.30. The fourth-order valence-corrected chi connectivity index (χ4v) is 2.19. The molecular formula is C15H31N3O3. The lowest BCUT2D eigenvalue weighted by Gasteiger charge is -2.40. The fraction of sp³-hybridized carbons (Fsp3) is 0.867. The average Bonchev–Trinajstić information content (AvgIpc) is 2.38. The maximum Gasteiger partial charge on any atom is 0.410 e. The van der Waals surface area contributed by atoms with Gasteiger partial charge in [-0.15, -0.1) is 0 Å². The summed E-state index contributed by atoms with van der Waals surface area (Å²) in [5.74, 6) is -0.103. The van der Waals surface area contributed by atoms with Crippen molar-refractivity contribution in [3.63, 3.8) is 0 Å². The summed E-state index contributed by atoms with van der Waals surface area (Å²) >= 11 is 0. The lowest BCUT2D eigenvalue weighted by atomic mass is 9.87. The van der Waals surface area contributed by atoms with Crippen molar-refractivity contribution in [3.8, 4) is 0 Å². The van der Waals surface area contributed by atoms with E-state index in [2.05, 4.69) is 5.32 Å². The van der Waals surface area contributed by atoms with Crippen LogP contribution in [0.2, 0.25) is 0 Å². The van der Waals surface area contributed by atoms with Gasteiger partial charge in [0.25, 0.3) is 0 Å². The summed E-state index contributed by atoms with van der Waals surface area (Å²) in [6.45, 7) is 10.5. The zero-order valence-corrected chi connectivity index (χ0v) is 14.3. The molecule has 2 amide bonds. The summed E-state index contributed by atoms with van der Waals surface area (Å²) in [7, 11) is 1.58. The minimum Gasteiger partial charge on any atom is -0.444 e. The van der Waals surface area contributed by atoms with E-state index in [4.69, 9.17) is 10.5 Å². The van der Waals surface area contributed by atoms with Crippen molar-refractivity contribution in [2.24, 2.45) is 5.73 Å². The molecule has 0 saturated carbocycles. The van der Waals surface area contributed by atoms with Crippen molar-refractivity contribution in [2.75, 3.05) is 20.1 Å². The number of nitrogens with one attached hydrogen (secondary N) is 1. The molecule has 1 aliphatic rings. The predicted molar refractivity (Wildman–Crippen MR) is 84.0 cm³/mol. The molecule has 0 aromatic rings. The van der Waals surface area contributed by atoms with Crippen LogP contribution in [0.4, 0.5) is 4.79 Å². The molecular weight excluding hydrogens is 270 g/mol. The van der Waals surface area contributed by atoms with E-state index in [0.29, 0.717) is 13.1 Å². The molecule has 21 heavy (non-hydrogen) atoms. The van der Waals surface area contributed by atoms with E-state index in [0.717, 1.165) is 12.8 Å². The van der Waals surface area contributed by atoms with Gasteiger partial charge < -0.3 is 20.7 Å². The third-order valence-electron chi connectivity index (χ3n) is 3.05. The second-order valence-corrected chi connectivity index (χ2v) is 6.22. The maximum atomic E-state index is 12.0. The fourth-order valence-electron chi connectivity index (χ4n) is 2.19.